The molecule has 82 valence electrons. The Morgan fingerprint density at radius 1 is 1.19 bits per heavy atom. The highest BCUT2D eigenvalue weighted by atomic mass is 16.2. The number of nitrogens with zero attached hydrogens (tertiary/aromatic N) is 2. The van der Waals surface area contributed by atoms with Gasteiger partial charge in [-0.15, -0.1) is 0 Å². The van der Waals surface area contributed by atoms with Crippen LogP contribution in [0.25, 0.3) is 0 Å². The lowest BCUT2D eigenvalue weighted by molar-refractivity contribution is -0.121. The zero-order chi connectivity index (χ0) is 11.9. The smallest absolute Gasteiger partial charge is 0.267 e. The number of amides is 3. The Morgan fingerprint density at radius 3 is 2.31 bits per heavy atom. The second-order valence-electron chi connectivity index (χ2n) is 3.72. The van der Waals surface area contributed by atoms with Gasteiger partial charge in [0, 0.05) is 7.05 Å². The highest BCUT2D eigenvalue weighted by Crippen LogP contribution is 2.28. The third-order valence-electron chi connectivity index (χ3n) is 2.66. The number of para-hydroxylation sites is 1. The number of likely N-dealkylation sites (N-methyl/N-ethyl adjacent to an activating group) is 1. The predicted molar refractivity (Wildman–Crippen MR) is 61.0 cm³/mol. The molecule has 1 aromatic rings. The monoisotopic (exact) mass is 216 g/mol. The van der Waals surface area contributed by atoms with Gasteiger partial charge in [0.2, 0.25) is 0 Å². The highest BCUT2D eigenvalue weighted by Gasteiger charge is 2.38. The topological polar surface area (TPSA) is 40.6 Å². The van der Waals surface area contributed by atoms with E-state index in [0.717, 1.165) is 10.5 Å². The fourth-order valence-electron chi connectivity index (χ4n) is 1.70. The van der Waals surface area contributed by atoms with Crippen LogP contribution in [0.3, 0.4) is 0 Å². The summed E-state index contributed by atoms with van der Waals surface area (Å²) in [7, 11) is 1.45. The van der Waals surface area contributed by atoms with Crippen molar-refractivity contribution in [3.05, 3.63) is 42.1 Å². The first-order valence-electron chi connectivity index (χ1n) is 4.90. The van der Waals surface area contributed by atoms with Crippen LogP contribution in [0.2, 0.25) is 0 Å². The zero-order valence-electron chi connectivity index (χ0n) is 9.23. The number of rotatable bonds is 1. The second-order valence-corrected chi connectivity index (χ2v) is 3.72. The summed E-state index contributed by atoms with van der Waals surface area (Å²) in [4.78, 5) is 25.8. The van der Waals surface area contributed by atoms with Gasteiger partial charge in [-0.2, -0.15) is 0 Å². The van der Waals surface area contributed by atoms with Crippen LogP contribution >= 0.6 is 0 Å². The van der Waals surface area contributed by atoms with E-state index in [0.29, 0.717) is 5.69 Å². The standard InChI is InChI=1S/C12H12N2O2/c1-8-6-4-5-7-10(8)14-9(2)11(15)13(3)12(14)16/h4-7H,2H2,1,3H3. The number of imide groups is 1. The van der Waals surface area contributed by atoms with E-state index in [1.54, 1.807) is 6.07 Å². The molecule has 0 spiro atoms. The van der Waals surface area contributed by atoms with Crippen molar-refractivity contribution in [3.8, 4) is 0 Å². The summed E-state index contributed by atoms with van der Waals surface area (Å²) in [6.07, 6.45) is 0. The number of carbonyl (C=O) groups is 2. The Morgan fingerprint density at radius 2 is 1.81 bits per heavy atom. The largest absolute Gasteiger partial charge is 0.336 e. The van der Waals surface area contributed by atoms with Gasteiger partial charge in [-0.05, 0) is 18.6 Å². The fraction of sp³-hybridized carbons (Fsp3) is 0.167. The van der Waals surface area contributed by atoms with Crippen LogP contribution in [0.4, 0.5) is 10.5 Å². The number of hydrogen-bond donors (Lipinski definition) is 0. The molecule has 0 bridgehead atoms. The van der Waals surface area contributed by atoms with Gasteiger partial charge in [0.05, 0.1) is 5.69 Å². The third-order valence-corrected chi connectivity index (χ3v) is 2.66. The molecule has 2 rings (SSSR count). The van der Waals surface area contributed by atoms with Crippen LogP contribution < -0.4 is 4.90 Å². The Balaban J connectivity index is 2.51. The maximum absolute atomic E-state index is 11.8. The molecule has 16 heavy (non-hydrogen) atoms. The van der Waals surface area contributed by atoms with Crippen LogP contribution in [0.15, 0.2) is 36.5 Å². The fourth-order valence-corrected chi connectivity index (χ4v) is 1.70. The van der Waals surface area contributed by atoms with E-state index >= 15 is 0 Å². The number of benzene rings is 1. The summed E-state index contributed by atoms with van der Waals surface area (Å²) in [6, 6.07) is 7.03. The lowest BCUT2D eigenvalue weighted by Gasteiger charge is -2.17. The molecule has 0 aliphatic carbocycles. The Hall–Kier alpha value is -2.10. The van der Waals surface area contributed by atoms with Crippen LogP contribution in [-0.2, 0) is 4.79 Å². The molecule has 0 saturated carbocycles. The lowest BCUT2D eigenvalue weighted by atomic mass is 10.2. The van der Waals surface area contributed by atoms with Crippen molar-refractivity contribution < 1.29 is 9.59 Å². The normalized spacial score (nSPS) is 16.2. The molecule has 1 fully saturated rings. The van der Waals surface area contributed by atoms with E-state index in [-0.39, 0.29) is 17.6 Å². The molecule has 0 N–H and O–H groups in total. The number of hydrogen-bond acceptors (Lipinski definition) is 2. The van der Waals surface area contributed by atoms with Gasteiger partial charge < -0.3 is 0 Å². The van der Waals surface area contributed by atoms with Crippen LogP contribution in [0.1, 0.15) is 5.56 Å². The first kappa shape index (κ1) is 10.4. The molecule has 3 amide bonds. The van der Waals surface area contributed by atoms with Gasteiger partial charge in [-0.25, -0.2) is 4.79 Å². The van der Waals surface area contributed by atoms with Crippen LogP contribution in [0, 0.1) is 6.92 Å². The molecule has 1 aliphatic heterocycles. The average molecular weight is 216 g/mol. The summed E-state index contributed by atoms with van der Waals surface area (Å²) < 4.78 is 0. The Labute approximate surface area is 93.8 Å². The van der Waals surface area contributed by atoms with E-state index in [4.69, 9.17) is 0 Å². The molecule has 1 heterocycles. The van der Waals surface area contributed by atoms with Gasteiger partial charge in [0.25, 0.3) is 5.91 Å². The summed E-state index contributed by atoms with van der Waals surface area (Å²) >= 11 is 0. The molecule has 0 unspecified atom stereocenters. The Kier molecular flexibility index (Phi) is 2.27. The zero-order valence-corrected chi connectivity index (χ0v) is 9.23. The SMILES string of the molecule is C=C1C(=O)N(C)C(=O)N1c1ccccc1C. The number of carbonyl (C=O) groups excluding carboxylic acids is 2. The molecule has 0 aromatic heterocycles. The third kappa shape index (κ3) is 1.31. The molecule has 4 nitrogen and oxygen atoms in total. The molecule has 0 radical (unpaired) electrons. The van der Waals surface area contributed by atoms with Crippen molar-refractivity contribution in [1.82, 2.24) is 4.90 Å². The van der Waals surface area contributed by atoms with Crippen molar-refractivity contribution in [2.45, 2.75) is 6.92 Å². The lowest BCUT2D eigenvalue weighted by Crippen LogP contribution is -2.29. The van der Waals surface area contributed by atoms with Gasteiger partial charge in [-0.3, -0.25) is 14.6 Å². The average Bonchev–Trinajstić information content (AvgIpc) is 2.45. The van der Waals surface area contributed by atoms with Crippen molar-refractivity contribution in [2.75, 3.05) is 11.9 Å². The summed E-state index contributed by atoms with van der Waals surface area (Å²) in [6.45, 7) is 5.54. The summed E-state index contributed by atoms with van der Waals surface area (Å²) in [5.41, 5.74) is 1.83. The molecule has 4 heteroatoms. The van der Waals surface area contributed by atoms with Crippen LogP contribution in [-0.4, -0.2) is 23.9 Å². The molecule has 0 atom stereocenters. The Bertz CT molecular complexity index is 494. The van der Waals surface area contributed by atoms with E-state index in [2.05, 4.69) is 6.58 Å². The van der Waals surface area contributed by atoms with E-state index in [1.165, 1.54) is 11.9 Å². The molecular weight excluding hydrogens is 204 g/mol. The molecular formula is C12H12N2O2. The minimum atomic E-state index is -0.357. The first-order valence-corrected chi connectivity index (χ1v) is 4.90. The van der Waals surface area contributed by atoms with Crippen molar-refractivity contribution >= 4 is 17.6 Å². The van der Waals surface area contributed by atoms with Crippen LogP contribution in [0.5, 0.6) is 0 Å². The second kappa shape index (κ2) is 3.48. The summed E-state index contributed by atoms with van der Waals surface area (Å²) in [5, 5.41) is 0. The summed E-state index contributed by atoms with van der Waals surface area (Å²) in [5.74, 6) is -0.353. The van der Waals surface area contributed by atoms with E-state index < -0.39 is 0 Å². The first-order chi connectivity index (χ1) is 7.54. The van der Waals surface area contributed by atoms with Gasteiger partial charge >= 0.3 is 6.03 Å². The maximum Gasteiger partial charge on any atom is 0.336 e. The number of aryl methyl sites for hydroxylation is 1. The quantitative estimate of drug-likeness (QED) is 0.531. The highest BCUT2D eigenvalue weighted by molar-refractivity contribution is 6.21. The van der Waals surface area contributed by atoms with Crippen molar-refractivity contribution in [2.24, 2.45) is 0 Å². The van der Waals surface area contributed by atoms with Gasteiger partial charge in [0.15, 0.2) is 0 Å². The minimum Gasteiger partial charge on any atom is -0.267 e. The number of anilines is 1. The van der Waals surface area contributed by atoms with Gasteiger partial charge in [0.1, 0.15) is 5.70 Å². The molecule has 1 saturated heterocycles. The molecule has 1 aromatic carbocycles. The molecule has 1 aliphatic rings. The van der Waals surface area contributed by atoms with Crippen molar-refractivity contribution in [1.29, 1.82) is 0 Å². The van der Waals surface area contributed by atoms with Gasteiger partial charge in [-0.1, -0.05) is 24.8 Å². The predicted octanol–water partition coefficient (Wildman–Crippen LogP) is 1.91. The van der Waals surface area contributed by atoms with E-state index in [9.17, 15) is 9.59 Å². The van der Waals surface area contributed by atoms with E-state index in [1.807, 2.05) is 25.1 Å². The number of urea groups is 1. The maximum atomic E-state index is 11.8. The minimum absolute atomic E-state index is 0.196. The van der Waals surface area contributed by atoms with Crippen molar-refractivity contribution in [3.63, 3.8) is 0 Å².